The summed E-state index contributed by atoms with van der Waals surface area (Å²) in [6.45, 7) is 5.34. The van der Waals surface area contributed by atoms with Gasteiger partial charge in [0.2, 0.25) is 10.0 Å². The van der Waals surface area contributed by atoms with E-state index in [2.05, 4.69) is 12.2 Å². The minimum atomic E-state index is -3.25. The van der Waals surface area contributed by atoms with Crippen LogP contribution in [0.4, 0.5) is 0 Å². The van der Waals surface area contributed by atoms with Crippen LogP contribution in [0.1, 0.15) is 27.2 Å². The van der Waals surface area contributed by atoms with Gasteiger partial charge in [0.1, 0.15) is 0 Å². The summed E-state index contributed by atoms with van der Waals surface area (Å²) >= 11 is 4.69. The molecule has 0 fully saturated rings. The largest absolute Gasteiger partial charge is 0.393 e. The first-order chi connectivity index (χ1) is 6.09. The quantitative estimate of drug-likeness (QED) is 0.733. The Morgan fingerprint density at radius 1 is 1.43 bits per heavy atom. The van der Waals surface area contributed by atoms with Gasteiger partial charge in [-0.05, 0) is 20.8 Å². The van der Waals surface area contributed by atoms with E-state index in [9.17, 15) is 8.42 Å². The van der Waals surface area contributed by atoms with Crippen molar-refractivity contribution in [3.05, 3.63) is 0 Å². The van der Waals surface area contributed by atoms with Gasteiger partial charge in [0, 0.05) is 20.0 Å². The van der Waals surface area contributed by atoms with Crippen LogP contribution in [-0.2, 0) is 10.0 Å². The normalized spacial score (nSPS) is 13.2. The topological polar surface area (TPSA) is 63.4 Å². The lowest BCUT2D eigenvalue weighted by Crippen LogP contribution is -2.41. The SMILES string of the molecule is CN(CCC(N)=S)S(=O)(=O)C(C)(C)C. The van der Waals surface area contributed by atoms with Gasteiger partial charge in [-0.2, -0.15) is 0 Å². The zero-order chi connectivity index (χ0) is 11.6. The van der Waals surface area contributed by atoms with Gasteiger partial charge in [-0.1, -0.05) is 12.2 Å². The molecule has 0 unspecified atom stereocenters. The Morgan fingerprint density at radius 2 is 1.86 bits per heavy atom. The summed E-state index contributed by atoms with van der Waals surface area (Å²) in [4.78, 5) is 0.334. The predicted molar refractivity (Wildman–Crippen MR) is 62.7 cm³/mol. The first-order valence-electron chi connectivity index (χ1n) is 4.33. The standard InChI is InChI=1S/C8H18N2O2S2/c1-8(2,3)14(11,12)10(4)6-5-7(9)13/h5-6H2,1-4H3,(H2,9,13). The van der Waals surface area contributed by atoms with Crippen molar-refractivity contribution >= 4 is 27.2 Å². The van der Waals surface area contributed by atoms with Crippen LogP contribution in [0, 0.1) is 0 Å². The summed E-state index contributed by atoms with van der Waals surface area (Å²) in [5.74, 6) is 0. The van der Waals surface area contributed by atoms with Crippen LogP contribution in [-0.4, -0.2) is 36.1 Å². The average molecular weight is 238 g/mol. The molecule has 0 aromatic carbocycles. The highest BCUT2D eigenvalue weighted by Crippen LogP contribution is 2.18. The summed E-state index contributed by atoms with van der Waals surface area (Å²) in [5, 5.41) is 0. The molecule has 2 N–H and O–H groups in total. The highest BCUT2D eigenvalue weighted by atomic mass is 32.2. The molecule has 0 aliphatic rings. The maximum Gasteiger partial charge on any atom is 0.218 e. The zero-order valence-electron chi connectivity index (χ0n) is 9.07. The second-order valence-corrected chi connectivity index (χ2v) is 7.48. The first kappa shape index (κ1) is 13.8. The van der Waals surface area contributed by atoms with Crippen LogP contribution in [0.5, 0.6) is 0 Å². The fourth-order valence-electron chi connectivity index (χ4n) is 0.855. The molecule has 6 heteroatoms. The minimum Gasteiger partial charge on any atom is -0.393 e. The molecule has 0 aromatic rings. The fraction of sp³-hybridized carbons (Fsp3) is 0.875. The number of rotatable bonds is 4. The molecule has 0 radical (unpaired) electrons. The van der Waals surface area contributed by atoms with Gasteiger partial charge >= 0.3 is 0 Å². The highest BCUT2D eigenvalue weighted by Gasteiger charge is 2.32. The molecule has 0 rings (SSSR count). The molecule has 0 amide bonds. The van der Waals surface area contributed by atoms with Crippen molar-refractivity contribution < 1.29 is 8.42 Å². The summed E-state index contributed by atoms with van der Waals surface area (Å²) in [7, 11) is -1.71. The molecule has 0 aromatic heterocycles. The van der Waals surface area contributed by atoms with E-state index in [1.54, 1.807) is 27.8 Å². The van der Waals surface area contributed by atoms with E-state index in [0.717, 1.165) is 0 Å². The van der Waals surface area contributed by atoms with Gasteiger partial charge in [0.05, 0.1) is 9.74 Å². The Labute approximate surface area is 91.5 Å². The zero-order valence-corrected chi connectivity index (χ0v) is 10.7. The van der Waals surface area contributed by atoms with Crippen molar-refractivity contribution in [2.45, 2.75) is 31.9 Å². The van der Waals surface area contributed by atoms with E-state index in [-0.39, 0.29) is 0 Å². The van der Waals surface area contributed by atoms with E-state index >= 15 is 0 Å². The average Bonchev–Trinajstić information content (AvgIpc) is 1.97. The number of sulfonamides is 1. The molecule has 0 atom stereocenters. The Balaban J connectivity index is 4.54. The molecule has 84 valence electrons. The van der Waals surface area contributed by atoms with Crippen molar-refractivity contribution in [2.75, 3.05) is 13.6 Å². The molecule has 0 saturated heterocycles. The Morgan fingerprint density at radius 3 is 2.14 bits per heavy atom. The van der Waals surface area contributed by atoms with Crippen molar-refractivity contribution in [3.63, 3.8) is 0 Å². The number of nitrogens with zero attached hydrogens (tertiary/aromatic N) is 1. The van der Waals surface area contributed by atoms with Crippen LogP contribution in [0.15, 0.2) is 0 Å². The summed E-state index contributed by atoms with van der Waals surface area (Å²) in [6.07, 6.45) is 0.418. The van der Waals surface area contributed by atoms with E-state index in [1.165, 1.54) is 4.31 Å². The van der Waals surface area contributed by atoms with Crippen molar-refractivity contribution in [1.82, 2.24) is 4.31 Å². The van der Waals surface area contributed by atoms with E-state index in [1.807, 2.05) is 0 Å². The van der Waals surface area contributed by atoms with Gasteiger partial charge in [0.15, 0.2) is 0 Å². The van der Waals surface area contributed by atoms with Crippen LogP contribution >= 0.6 is 12.2 Å². The summed E-state index contributed by atoms with van der Waals surface area (Å²) < 4.78 is 24.1. The van der Waals surface area contributed by atoms with Crippen LogP contribution < -0.4 is 5.73 Å². The maximum atomic E-state index is 11.8. The van der Waals surface area contributed by atoms with Crippen molar-refractivity contribution in [1.29, 1.82) is 0 Å². The highest BCUT2D eigenvalue weighted by molar-refractivity contribution is 7.90. The van der Waals surface area contributed by atoms with Crippen molar-refractivity contribution in [2.24, 2.45) is 5.73 Å². The van der Waals surface area contributed by atoms with Gasteiger partial charge in [0.25, 0.3) is 0 Å². The second-order valence-electron chi connectivity index (χ2n) is 4.16. The minimum absolute atomic E-state index is 0.334. The monoisotopic (exact) mass is 238 g/mol. The number of hydrogen-bond acceptors (Lipinski definition) is 3. The van der Waals surface area contributed by atoms with Crippen LogP contribution in [0.3, 0.4) is 0 Å². The molecule has 0 aliphatic heterocycles. The van der Waals surface area contributed by atoms with Crippen LogP contribution in [0.2, 0.25) is 0 Å². The number of hydrogen-bond donors (Lipinski definition) is 1. The maximum absolute atomic E-state index is 11.8. The fourth-order valence-corrected chi connectivity index (χ4v) is 2.21. The molecule has 0 heterocycles. The lowest BCUT2D eigenvalue weighted by molar-refractivity contribution is 0.452. The summed E-state index contributed by atoms with van der Waals surface area (Å²) in [6, 6.07) is 0. The lowest BCUT2D eigenvalue weighted by Gasteiger charge is -2.26. The molecule has 0 saturated carbocycles. The van der Waals surface area contributed by atoms with Crippen LogP contribution in [0.25, 0.3) is 0 Å². The lowest BCUT2D eigenvalue weighted by atomic mass is 10.3. The third kappa shape index (κ3) is 3.51. The molecule has 0 aliphatic carbocycles. The smallest absolute Gasteiger partial charge is 0.218 e. The van der Waals surface area contributed by atoms with E-state index in [4.69, 9.17) is 5.73 Å². The van der Waals surface area contributed by atoms with Gasteiger partial charge in [-0.15, -0.1) is 0 Å². The molecular weight excluding hydrogens is 220 g/mol. The van der Waals surface area contributed by atoms with E-state index in [0.29, 0.717) is 18.0 Å². The summed E-state index contributed by atoms with van der Waals surface area (Å²) in [5.41, 5.74) is 5.30. The number of thiocarbonyl (C=S) groups is 1. The molecular formula is C8H18N2O2S2. The van der Waals surface area contributed by atoms with Crippen molar-refractivity contribution in [3.8, 4) is 0 Å². The molecule has 0 spiro atoms. The Bertz CT molecular complexity index is 304. The predicted octanol–water partition coefficient (Wildman–Crippen LogP) is 0.723. The van der Waals surface area contributed by atoms with Gasteiger partial charge in [-0.3, -0.25) is 0 Å². The Hall–Kier alpha value is -0.200. The van der Waals surface area contributed by atoms with E-state index < -0.39 is 14.8 Å². The van der Waals surface area contributed by atoms with Gasteiger partial charge < -0.3 is 5.73 Å². The third-order valence-corrected chi connectivity index (χ3v) is 4.61. The third-order valence-electron chi connectivity index (χ3n) is 1.86. The Kier molecular flexibility index (Phi) is 4.48. The first-order valence-corrected chi connectivity index (χ1v) is 6.18. The molecule has 0 bridgehead atoms. The van der Waals surface area contributed by atoms with Gasteiger partial charge in [-0.25, -0.2) is 12.7 Å². The molecule has 4 nitrogen and oxygen atoms in total. The second kappa shape index (κ2) is 4.55. The number of nitrogens with two attached hydrogens (primary N) is 1. The molecule has 14 heavy (non-hydrogen) atoms.